The minimum Gasteiger partial charge on any atom is -0.493 e. The number of piperidine rings is 1. The number of carboxylic acid groups (broad SMARTS) is 1. The summed E-state index contributed by atoms with van der Waals surface area (Å²) >= 11 is 0. The molecule has 1 fully saturated rings. The van der Waals surface area contributed by atoms with Crippen molar-refractivity contribution in [3.05, 3.63) is 29.1 Å². The Morgan fingerprint density at radius 3 is 2.68 bits per heavy atom. The number of fused-ring (bicyclic) bond motifs is 1. The molecule has 0 aromatic heterocycles. The van der Waals surface area contributed by atoms with Crippen molar-refractivity contribution in [2.24, 2.45) is 11.3 Å². The molecular formula is C19H24FNO4. The van der Waals surface area contributed by atoms with Crippen molar-refractivity contribution in [3.8, 4) is 5.75 Å². The lowest BCUT2D eigenvalue weighted by Gasteiger charge is -2.44. The SMILES string of the molecule is CC(C)(C)C1CC(C(=O)c2cc3c(cc2F)OCC3)CCN1C(=O)O. The smallest absolute Gasteiger partial charge is 0.407 e. The number of hydrogen-bond acceptors (Lipinski definition) is 3. The highest BCUT2D eigenvalue weighted by Gasteiger charge is 2.41. The molecule has 1 aromatic rings. The van der Waals surface area contributed by atoms with Gasteiger partial charge < -0.3 is 14.7 Å². The fourth-order valence-electron chi connectivity index (χ4n) is 3.86. The van der Waals surface area contributed by atoms with E-state index >= 15 is 0 Å². The average molecular weight is 349 g/mol. The van der Waals surface area contributed by atoms with E-state index in [0.29, 0.717) is 38.2 Å². The Labute approximate surface area is 146 Å². The number of carbonyl (C=O) groups is 2. The molecule has 5 nitrogen and oxygen atoms in total. The van der Waals surface area contributed by atoms with Gasteiger partial charge >= 0.3 is 6.09 Å². The summed E-state index contributed by atoms with van der Waals surface area (Å²) < 4.78 is 19.7. The van der Waals surface area contributed by atoms with E-state index in [0.717, 1.165) is 5.56 Å². The molecule has 136 valence electrons. The lowest BCUT2D eigenvalue weighted by Crippen LogP contribution is -2.52. The number of halogens is 1. The molecule has 6 heteroatoms. The molecule has 2 aliphatic rings. The van der Waals surface area contributed by atoms with Gasteiger partial charge in [-0.25, -0.2) is 9.18 Å². The number of amides is 1. The normalized spacial score (nSPS) is 23.1. The van der Waals surface area contributed by atoms with Crippen LogP contribution in [-0.4, -0.2) is 41.1 Å². The third-order valence-electron chi connectivity index (χ3n) is 5.26. The summed E-state index contributed by atoms with van der Waals surface area (Å²) in [5, 5.41) is 9.43. The molecule has 1 amide bonds. The average Bonchev–Trinajstić information content (AvgIpc) is 2.99. The molecule has 2 aliphatic heterocycles. The monoisotopic (exact) mass is 349 g/mol. The number of benzene rings is 1. The van der Waals surface area contributed by atoms with Crippen molar-refractivity contribution < 1.29 is 23.8 Å². The summed E-state index contributed by atoms with van der Waals surface area (Å²) in [6, 6.07) is 2.63. The Kier molecular flexibility index (Phi) is 4.47. The first-order chi connectivity index (χ1) is 11.7. The number of ketones is 1. The van der Waals surface area contributed by atoms with Crippen LogP contribution < -0.4 is 4.74 Å². The van der Waals surface area contributed by atoms with Crippen LogP contribution >= 0.6 is 0 Å². The molecular weight excluding hydrogens is 325 g/mol. The molecule has 0 spiro atoms. The lowest BCUT2D eigenvalue weighted by molar-refractivity contribution is 0.0375. The second-order valence-corrected chi connectivity index (χ2v) is 7.98. The van der Waals surface area contributed by atoms with Gasteiger partial charge in [0.05, 0.1) is 12.2 Å². The lowest BCUT2D eigenvalue weighted by atomic mass is 9.75. The second-order valence-electron chi connectivity index (χ2n) is 7.98. The fraction of sp³-hybridized carbons (Fsp3) is 0.579. The van der Waals surface area contributed by atoms with Gasteiger partial charge in [-0.2, -0.15) is 0 Å². The molecule has 2 atom stereocenters. The first-order valence-electron chi connectivity index (χ1n) is 8.67. The molecule has 2 unspecified atom stereocenters. The Bertz CT molecular complexity index is 710. The maximum atomic E-state index is 14.4. The number of nitrogens with zero attached hydrogens (tertiary/aromatic N) is 1. The Morgan fingerprint density at radius 2 is 2.04 bits per heavy atom. The van der Waals surface area contributed by atoms with E-state index in [1.165, 1.54) is 11.0 Å². The zero-order valence-electron chi connectivity index (χ0n) is 14.8. The Balaban J connectivity index is 1.85. The Morgan fingerprint density at radius 1 is 1.32 bits per heavy atom. The minimum atomic E-state index is -0.966. The number of Topliss-reactive ketones (excluding diaryl/α,β-unsaturated/α-hetero) is 1. The van der Waals surface area contributed by atoms with Gasteiger partial charge in [0.1, 0.15) is 11.6 Å². The van der Waals surface area contributed by atoms with Crippen molar-refractivity contribution in [2.45, 2.75) is 46.1 Å². The van der Waals surface area contributed by atoms with Gasteiger partial charge in [-0.05, 0) is 29.9 Å². The molecule has 0 bridgehead atoms. The van der Waals surface area contributed by atoms with Crippen LogP contribution in [0.25, 0.3) is 0 Å². The number of likely N-dealkylation sites (tertiary alicyclic amines) is 1. The molecule has 1 saturated heterocycles. The molecule has 2 heterocycles. The van der Waals surface area contributed by atoms with Gasteiger partial charge in [-0.1, -0.05) is 20.8 Å². The Hall–Kier alpha value is -2.11. The van der Waals surface area contributed by atoms with E-state index in [-0.39, 0.29) is 28.7 Å². The van der Waals surface area contributed by atoms with Crippen molar-refractivity contribution >= 4 is 11.9 Å². The highest BCUT2D eigenvalue weighted by atomic mass is 19.1. The highest BCUT2D eigenvalue weighted by Crippen LogP contribution is 2.37. The summed E-state index contributed by atoms with van der Waals surface area (Å²) in [5.41, 5.74) is 0.674. The summed E-state index contributed by atoms with van der Waals surface area (Å²) in [6.07, 6.45) is 0.552. The maximum Gasteiger partial charge on any atom is 0.407 e. The third-order valence-corrected chi connectivity index (χ3v) is 5.26. The summed E-state index contributed by atoms with van der Waals surface area (Å²) in [5.74, 6) is -0.637. The van der Waals surface area contributed by atoms with Gasteiger partial charge in [0.15, 0.2) is 5.78 Å². The van der Waals surface area contributed by atoms with E-state index in [1.54, 1.807) is 6.07 Å². The number of ether oxygens (including phenoxy) is 1. The largest absolute Gasteiger partial charge is 0.493 e. The van der Waals surface area contributed by atoms with Crippen LogP contribution in [0.1, 0.15) is 49.5 Å². The van der Waals surface area contributed by atoms with Crippen LogP contribution in [0.2, 0.25) is 0 Å². The fourth-order valence-corrected chi connectivity index (χ4v) is 3.86. The second kappa shape index (κ2) is 6.32. The van der Waals surface area contributed by atoms with Crippen LogP contribution in [0.3, 0.4) is 0 Å². The van der Waals surface area contributed by atoms with Crippen LogP contribution in [0.5, 0.6) is 5.75 Å². The molecule has 0 radical (unpaired) electrons. The minimum absolute atomic E-state index is 0.102. The van der Waals surface area contributed by atoms with Crippen LogP contribution in [0, 0.1) is 17.2 Å². The first kappa shape index (κ1) is 17.7. The van der Waals surface area contributed by atoms with Gasteiger partial charge in [0.2, 0.25) is 0 Å². The van der Waals surface area contributed by atoms with Crippen LogP contribution in [0.15, 0.2) is 12.1 Å². The predicted octanol–water partition coefficient (Wildman–Crippen LogP) is 3.75. The number of hydrogen-bond donors (Lipinski definition) is 1. The van der Waals surface area contributed by atoms with E-state index in [2.05, 4.69) is 0 Å². The van der Waals surface area contributed by atoms with E-state index in [1.807, 2.05) is 20.8 Å². The molecule has 3 rings (SSSR count). The maximum absolute atomic E-state index is 14.4. The van der Waals surface area contributed by atoms with Gasteiger partial charge in [0.25, 0.3) is 0 Å². The number of rotatable bonds is 2. The topological polar surface area (TPSA) is 66.8 Å². The van der Waals surface area contributed by atoms with Crippen molar-refractivity contribution in [1.29, 1.82) is 0 Å². The highest BCUT2D eigenvalue weighted by molar-refractivity contribution is 5.98. The van der Waals surface area contributed by atoms with Crippen molar-refractivity contribution in [1.82, 2.24) is 4.90 Å². The standard InChI is InChI=1S/C19H24FNO4/c1-19(2,3)16-9-12(4-6-21(16)18(23)24)17(22)13-8-11-5-7-25-15(11)10-14(13)20/h8,10,12,16H,4-7,9H2,1-3H3,(H,23,24). The predicted molar refractivity (Wildman–Crippen MR) is 90.6 cm³/mol. The van der Waals surface area contributed by atoms with E-state index in [9.17, 15) is 19.1 Å². The van der Waals surface area contributed by atoms with E-state index < -0.39 is 11.9 Å². The van der Waals surface area contributed by atoms with Crippen molar-refractivity contribution in [3.63, 3.8) is 0 Å². The van der Waals surface area contributed by atoms with Crippen LogP contribution in [-0.2, 0) is 6.42 Å². The molecule has 1 N–H and O–H groups in total. The van der Waals surface area contributed by atoms with Crippen molar-refractivity contribution in [2.75, 3.05) is 13.2 Å². The molecule has 25 heavy (non-hydrogen) atoms. The zero-order valence-corrected chi connectivity index (χ0v) is 14.8. The summed E-state index contributed by atoms with van der Waals surface area (Å²) in [7, 11) is 0. The quantitative estimate of drug-likeness (QED) is 0.826. The first-order valence-corrected chi connectivity index (χ1v) is 8.67. The summed E-state index contributed by atoms with van der Waals surface area (Å²) in [4.78, 5) is 25.8. The van der Waals surface area contributed by atoms with Gasteiger partial charge in [0, 0.05) is 31.0 Å². The van der Waals surface area contributed by atoms with Gasteiger partial charge in [-0.15, -0.1) is 0 Å². The zero-order chi connectivity index (χ0) is 18.4. The number of carbonyl (C=O) groups excluding carboxylic acids is 1. The van der Waals surface area contributed by atoms with E-state index in [4.69, 9.17) is 4.74 Å². The molecule has 0 aliphatic carbocycles. The molecule has 0 saturated carbocycles. The van der Waals surface area contributed by atoms with Crippen LogP contribution in [0.4, 0.5) is 9.18 Å². The third kappa shape index (κ3) is 3.34. The molecule has 1 aromatic carbocycles. The summed E-state index contributed by atoms with van der Waals surface area (Å²) in [6.45, 7) is 6.70. The van der Waals surface area contributed by atoms with Gasteiger partial charge in [-0.3, -0.25) is 4.79 Å².